The fraction of sp³-hybridized carbons (Fsp3) is 0.0435. The van der Waals surface area contributed by atoms with Crippen molar-refractivity contribution in [2.45, 2.75) is 0 Å². The van der Waals surface area contributed by atoms with E-state index >= 15 is 0 Å². The van der Waals surface area contributed by atoms with E-state index < -0.39 is 34.4 Å². The highest BCUT2D eigenvalue weighted by atomic mass is 16.5. The molecule has 0 fully saturated rings. The molecule has 0 saturated carbocycles. The van der Waals surface area contributed by atoms with Crippen molar-refractivity contribution in [2.75, 3.05) is 7.11 Å². The van der Waals surface area contributed by atoms with Crippen molar-refractivity contribution in [1.29, 1.82) is 0 Å². The Labute approximate surface area is 179 Å². The molecule has 0 aliphatic heterocycles. The van der Waals surface area contributed by atoms with Gasteiger partial charge in [0.2, 0.25) is 11.2 Å². The van der Waals surface area contributed by atoms with E-state index in [1.54, 1.807) is 12.1 Å². The first-order chi connectivity index (χ1) is 15.3. The number of phenolic OH excluding ortho intramolecular Hbond substituents is 4. The number of aromatic hydroxyl groups is 4. The predicted molar refractivity (Wildman–Crippen MR) is 113 cm³/mol. The Morgan fingerprint density at radius 2 is 1.66 bits per heavy atom. The summed E-state index contributed by atoms with van der Waals surface area (Å²) in [6.07, 6.45) is 0. The molecule has 32 heavy (non-hydrogen) atoms. The fourth-order valence-corrected chi connectivity index (χ4v) is 3.18. The molecule has 0 aliphatic rings. The third kappa shape index (κ3) is 3.52. The van der Waals surface area contributed by atoms with Gasteiger partial charge in [-0.25, -0.2) is 4.79 Å². The maximum atomic E-state index is 13.2. The average molecular weight is 436 g/mol. The number of esters is 1. The predicted octanol–water partition coefficient (Wildman–Crippen LogP) is 3.51. The van der Waals surface area contributed by atoms with Crippen LogP contribution >= 0.6 is 0 Å². The SMILES string of the molecule is COc1ccccc1C(=O)Oc1c(-c2ccc(O)c(O)c2)oc2cc(O)cc(O)c2c1=O. The Balaban J connectivity index is 1.97. The number of carbonyl (C=O) groups is 1. The average Bonchev–Trinajstić information content (AvgIpc) is 2.76. The molecule has 1 aromatic heterocycles. The van der Waals surface area contributed by atoms with Gasteiger partial charge in [0.25, 0.3) is 0 Å². The lowest BCUT2D eigenvalue weighted by Crippen LogP contribution is -2.17. The Morgan fingerprint density at radius 1 is 0.906 bits per heavy atom. The summed E-state index contributed by atoms with van der Waals surface area (Å²) in [6.45, 7) is 0. The molecule has 9 heteroatoms. The maximum absolute atomic E-state index is 13.2. The molecule has 162 valence electrons. The molecule has 0 atom stereocenters. The molecule has 0 amide bonds. The quantitative estimate of drug-likeness (QED) is 0.279. The lowest BCUT2D eigenvalue weighted by Gasteiger charge is -2.13. The van der Waals surface area contributed by atoms with E-state index in [4.69, 9.17) is 13.9 Å². The van der Waals surface area contributed by atoms with Crippen LogP contribution < -0.4 is 14.9 Å². The van der Waals surface area contributed by atoms with E-state index in [1.165, 1.54) is 25.3 Å². The molecule has 0 unspecified atom stereocenters. The van der Waals surface area contributed by atoms with Gasteiger partial charge < -0.3 is 34.3 Å². The Bertz CT molecular complexity index is 1420. The van der Waals surface area contributed by atoms with Crippen molar-refractivity contribution in [1.82, 2.24) is 0 Å². The van der Waals surface area contributed by atoms with Crippen LogP contribution in [0.2, 0.25) is 0 Å². The molecular formula is C23H16O9. The number of hydrogen-bond donors (Lipinski definition) is 4. The zero-order valence-corrected chi connectivity index (χ0v) is 16.5. The number of methoxy groups -OCH3 is 1. The van der Waals surface area contributed by atoms with Crippen LogP contribution in [0.15, 0.2) is 63.8 Å². The number of hydrogen-bond acceptors (Lipinski definition) is 9. The van der Waals surface area contributed by atoms with Gasteiger partial charge in [-0.1, -0.05) is 12.1 Å². The summed E-state index contributed by atoms with van der Waals surface area (Å²) < 4.78 is 16.2. The lowest BCUT2D eigenvalue weighted by atomic mass is 10.1. The van der Waals surface area contributed by atoms with Crippen LogP contribution in [0, 0.1) is 0 Å². The van der Waals surface area contributed by atoms with Gasteiger partial charge >= 0.3 is 5.97 Å². The van der Waals surface area contributed by atoms with Gasteiger partial charge in [0, 0.05) is 17.7 Å². The number of fused-ring (bicyclic) bond motifs is 1. The number of rotatable bonds is 4. The van der Waals surface area contributed by atoms with Crippen molar-refractivity contribution in [2.24, 2.45) is 0 Å². The van der Waals surface area contributed by atoms with Crippen LogP contribution in [-0.4, -0.2) is 33.5 Å². The molecule has 0 spiro atoms. The zero-order chi connectivity index (χ0) is 23.0. The van der Waals surface area contributed by atoms with Crippen molar-refractivity contribution in [3.8, 4) is 45.8 Å². The molecule has 4 N–H and O–H groups in total. The highest BCUT2D eigenvalue weighted by Gasteiger charge is 2.25. The third-order valence-corrected chi connectivity index (χ3v) is 4.68. The van der Waals surface area contributed by atoms with Gasteiger partial charge in [0.1, 0.15) is 33.8 Å². The molecule has 0 aliphatic carbocycles. The second-order valence-corrected chi connectivity index (χ2v) is 6.72. The standard InChI is InChI=1S/C23H16O9/c1-30-17-5-3-2-4-13(17)23(29)32-22-20(28)19-16(27)9-12(24)10-18(19)31-21(22)11-6-7-14(25)15(26)8-11/h2-10,24-27H,1H3. The second-order valence-electron chi connectivity index (χ2n) is 6.72. The molecule has 3 aromatic carbocycles. The largest absolute Gasteiger partial charge is 0.508 e. The van der Waals surface area contributed by atoms with E-state index in [0.717, 1.165) is 24.3 Å². The number of carbonyl (C=O) groups excluding carboxylic acids is 1. The van der Waals surface area contributed by atoms with Gasteiger partial charge in [-0.15, -0.1) is 0 Å². The molecule has 0 bridgehead atoms. The van der Waals surface area contributed by atoms with E-state index in [-0.39, 0.29) is 39.4 Å². The minimum Gasteiger partial charge on any atom is -0.508 e. The first-order valence-corrected chi connectivity index (χ1v) is 9.20. The minimum absolute atomic E-state index is 0.0314. The van der Waals surface area contributed by atoms with E-state index in [2.05, 4.69) is 0 Å². The third-order valence-electron chi connectivity index (χ3n) is 4.68. The molecule has 0 radical (unpaired) electrons. The van der Waals surface area contributed by atoms with Crippen molar-refractivity contribution in [3.63, 3.8) is 0 Å². The van der Waals surface area contributed by atoms with Gasteiger partial charge in [0.15, 0.2) is 17.3 Å². The van der Waals surface area contributed by atoms with Crippen molar-refractivity contribution >= 4 is 16.9 Å². The summed E-state index contributed by atoms with van der Waals surface area (Å²) in [6, 6.07) is 11.8. The lowest BCUT2D eigenvalue weighted by molar-refractivity contribution is 0.0727. The molecule has 4 rings (SSSR count). The normalized spacial score (nSPS) is 10.8. The summed E-state index contributed by atoms with van der Waals surface area (Å²) in [5.41, 5.74) is -0.962. The van der Waals surface area contributed by atoms with Gasteiger partial charge in [0.05, 0.1) is 7.11 Å². The first-order valence-electron chi connectivity index (χ1n) is 9.20. The summed E-state index contributed by atoms with van der Waals surface area (Å²) in [4.78, 5) is 26.1. The van der Waals surface area contributed by atoms with E-state index in [1.807, 2.05) is 0 Å². The van der Waals surface area contributed by atoms with Crippen LogP contribution in [-0.2, 0) is 0 Å². The topological polar surface area (TPSA) is 147 Å². The van der Waals surface area contributed by atoms with E-state index in [0.29, 0.717) is 0 Å². The first kappa shape index (κ1) is 20.6. The molecule has 0 saturated heterocycles. The van der Waals surface area contributed by atoms with Gasteiger partial charge in [-0.05, 0) is 30.3 Å². The van der Waals surface area contributed by atoms with Gasteiger partial charge in [-0.3, -0.25) is 4.79 Å². The van der Waals surface area contributed by atoms with Crippen LogP contribution in [0.4, 0.5) is 0 Å². The number of benzene rings is 3. The highest BCUT2D eigenvalue weighted by Crippen LogP contribution is 2.38. The summed E-state index contributed by atoms with van der Waals surface area (Å²) in [7, 11) is 1.37. The zero-order valence-electron chi connectivity index (χ0n) is 16.5. The van der Waals surface area contributed by atoms with Crippen LogP contribution in [0.25, 0.3) is 22.3 Å². The van der Waals surface area contributed by atoms with E-state index in [9.17, 15) is 30.0 Å². The van der Waals surface area contributed by atoms with Crippen LogP contribution in [0.1, 0.15) is 10.4 Å². The maximum Gasteiger partial charge on any atom is 0.347 e. The Hall–Kier alpha value is -4.66. The number of ether oxygens (including phenoxy) is 2. The summed E-state index contributed by atoms with van der Waals surface area (Å²) in [5.74, 6) is -3.44. The summed E-state index contributed by atoms with van der Waals surface area (Å²) in [5, 5.41) is 39.1. The minimum atomic E-state index is -0.934. The Morgan fingerprint density at radius 3 is 2.38 bits per heavy atom. The monoisotopic (exact) mass is 436 g/mol. The van der Waals surface area contributed by atoms with Gasteiger partial charge in [-0.2, -0.15) is 0 Å². The Kier molecular flexibility index (Phi) is 5.07. The van der Waals surface area contributed by atoms with Crippen molar-refractivity contribution in [3.05, 3.63) is 70.4 Å². The van der Waals surface area contributed by atoms with Crippen molar-refractivity contribution < 1.29 is 39.1 Å². The smallest absolute Gasteiger partial charge is 0.347 e. The molecular weight excluding hydrogens is 420 g/mol. The highest BCUT2D eigenvalue weighted by molar-refractivity contribution is 5.96. The van der Waals surface area contributed by atoms with Crippen LogP contribution in [0.3, 0.4) is 0 Å². The summed E-state index contributed by atoms with van der Waals surface area (Å²) >= 11 is 0. The molecule has 9 nitrogen and oxygen atoms in total. The second kappa shape index (κ2) is 7.88. The fourth-order valence-electron chi connectivity index (χ4n) is 3.18. The molecule has 4 aromatic rings. The van der Waals surface area contributed by atoms with Crippen LogP contribution in [0.5, 0.6) is 34.5 Å². The number of phenols is 4. The molecule has 1 heterocycles. The number of para-hydroxylation sites is 1.